The van der Waals surface area contributed by atoms with Gasteiger partial charge in [-0.05, 0) is 79.1 Å². The molecule has 4 aromatic rings. The lowest BCUT2D eigenvalue weighted by Crippen LogP contribution is -2.40. The molecule has 170 valence electrons. The molecule has 3 nitrogen and oxygen atoms in total. The molecule has 4 aromatic carbocycles. The Hall–Kier alpha value is -4.37. The topological polar surface area (TPSA) is 36.3 Å². The van der Waals surface area contributed by atoms with Crippen LogP contribution in [0.5, 0.6) is 5.75 Å². The van der Waals surface area contributed by atoms with Crippen molar-refractivity contribution in [3.05, 3.63) is 130 Å². The second-order valence-corrected chi connectivity index (χ2v) is 8.77. The predicted octanol–water partition coefficient (Wildman–Crippen LogP) is 6.59. The first-order valence-corrected chi connectivity index (χ1v) is 12.1. The van der Waals surface area contributed by atoms with Gasteiger partial charge in [0.1, 0.15) is 17.2 Å². The smallest absolute Gasteiger partial charge is 0.148 e. The van der Waals surface area contributed by atoms with E-state index >= 15 is 0 Å². The largest absolute Gasteiger partial charge is 0.455 e. The Morgan fingerprint density at radius 2 is 1.43 bits per heavy atom. The number of nitrogens with zero attached hydrogens (tertiary/aromatic N) is 1. The number of fused-ring (bicyclic) bond motifs is 2. The zero-order valence-electron chi connectivity index (χ0n) is 19.7. The molecule has 6 rings (SSSR count). The fourth-order valence-electron chi connectivity index (χ4n) is 5.19. The van der Waals surface area contributed by atoms with E-state index in [0.29, 0.717) is 11.5 Å². The van der Waals surface area contributed by atoms with Crippen LogP contribution in [0, 0.1) is 5.41 Å². The van der Waals surface area contributed by atoms with Gasteiger partial charge in [-0.1, -0.05) is 60.7 Å². The van der Waals surface area contributed by atoms with E-state index in [1.165, 1.54) is 10.8 Å². The minimum Gasteiger partial charge on any atom is -0.455 e. The highest BCUT2D eigenvalue weighted by Gasteiger charge is 2.25. The average molecular weight is 455 g/mol. The maximum Gasteiger partial charge on any atom is 0.148 e. The minimum atomic E-state index is 0.420. The van der Waals surface area contributed by atoms with Crippen LogP contribution in [0.1, 0.15) is 30.9 Å². The molecule has 3 heteroatoms. The second kappa shape index (κ2) is 8.77. The van der Waals surface area contributed by atoms with Gasteiger partial charge in [0.05, 0.1) is 5.69 Å². The fourth-order valence-corrected chi connectivity index (χ4v) is 5.19. The number of benzene rings is 4. The van der Waals surface area contributed by atoms with E-state index in [1.807, 2.05) is 37.3 Å². The molecule has 0 aromatic heterocycles. The van der Waals surface area contributed by atoms with Crippen molar-refractivity contribution in [3.8, 4) is 5.75 Å². The van der Waals surface area contributed by atoms with Crippen LogP contribution in [0.4, 0.5) is 17.1 Å². The summed E-state index contributed by atoms with van der Waals surface area (Å²) in [6, 6.07) is 33.4. The quantitative estimate of drug-likeness (QED) is 0.379. The van der Waals surface area contributed by atoms with Crippen LogP contribution < -0.4 is 20.1 Å². The highest BCUT2D eigenvalue weighted by Crippen LogP contribution is 2.35. The van der Waals surface area contributed by atoms with E-state index in [0.717, 1.165) is 52.0 Å². The first-order valence-electron chi connectivity index (χ1n) is 12.1. The third kappa shape index (κ3) is 3.57. The third-order valence-corrected chi connectivity index (χ3v) is 6.75. The molecule has 0 bridgehead atoms. The van der Waals surface area contributed by atoms with Crippen molar-refractivity contribution in [2.75, 3.05) is 4.90 Å². The number of hydrogen-bond acceptors (Lipinski definition) is 3. The van der Waals surface area contributed by atoms with Gasteiger partial charge in [-0.3, -0.25) is 5.41 Å². The minimum absolute atomic E-state index is 0.420. The standard InChI is InChI=1S/C32H26N2O/c1-2-29-32(33)27-20-21-28(34(22-12-5-3-6-13-22)23-14-7-4-8-15-23)26-18-11-17-25(31(26)27)24-16-9-10-19-30(24)35-29/h2-10,12-16,18-21,33H,11,17H2,1H3/b29-2+,33-32?. The fraction of sp³-hybridized carbons (Fsp3) is 0.0938. The molecule has 35 heavy (non-hydrogen) atoms. The molecule has 0 atom stereocenters. The number of para-hydroxylation sites is 3. The molecular weight excluding hydrogens is 428 g/mol. The van der Waals surface area contributed by atoms with Crippen molar-refractivity contribution in [2.24, 2.45) is 0 Å². The SMILES string of the molecule is C/C=C1/Oc2ccccc2C2=c3c(ccc(N(c4ccccc4)c4ccccc4)c3=CCC2)C1=N. The van der Waals surface area contributed by atoms with E-state index in [1.54, 1.807) is 0 Å². The van der Waals surface area contributed by atoms with Gasteiger partial charge < -0.3 is 9.64 Å². The zero-order chi connectivity index (χ0) is 23.8. The Labute approximate surface area is 205 Å². The van der Waals surface area contributed by atoms with Crippen LogP contribution in [-0.2, 0) is 0 Å². The average Bonchev–Trinajstić information content (AvgIpc) is 2.92. The molecule has 1 N–H and O–H groups in total. The highest BCUT2D eigenvalue weighted by molar-refractivity contribution is 6.11. The summed E-state index contributed by atoms with van der Waals surface area (Å²) >= 11 is 0. The van der Waals surface area contributed by atoms with Crippen molar-refractivity contribution in [1.82, 2.24) is 0 Å². The number of allylic oxidation sites excluding steroid dienone is 2. The van der Waals surface area contributed by atoms with Crippen molar-refractivity contribution in [2.45, 2.75) is 19.8 Å². The molecule has 1 heterocycles. The van der Waals surface area contributed by atoms with Crippen molar-refractivity contribution >= 4 is 34.4 Å². The first-order chi connectivity index (χ1) is 17.3. The van der Waals surface area contributed by atoms with E-state index in [2.05, 4.69) is 83.8 Å². The van der Waals surface area contributed by atoms with Gasteiger partial charge in [0.15, 0.2) is 0 Å². The van der Waals surface area contributed by atoms with Crippen molar-refractivity contribution in [3.63, 3.8) is 0 Å². The number of ether oxygens (including phenoxy) is 1. The Kier molecular flexibility index (Phi) is 5.31. The van der Waals surface area contributed by atoms with Gasteiger partial charge in [0, 0.05) is 27.7 Å². The second-order valence-electron chi connectivity index (χ2n) is 8.77. The van der Waals surface area contributed by atoms with Gasteiger partial charge in [0.25, 0.3) is 0 Å². The third-order valence-electron chi connectivity index (χ3n) is 6.75. The Morgan fingerprint density at radius 3 is 2.11 bits per heavy atom. The summed E-state index contributed by atoms with van der Waals surface area (Å²) in [7, 11) is 0. The molecule has 0 fully saturated rings. The van der Waals surface area contributed by atoms with Crippen LogP contribution >= 0.6 is 0 Å². The first kappa shape index (κ1) is 21.2. The molecule has 0 amide bonds. The van der Waals surface area contributed by atoms with Gasteiger partial charge in [0.2, 0.25) is 0 Å². The Balaban J connectivity index is 1.72. The summed E-state index contributed by atoms with van der Waals surface area (Å²) < 4.78 is 6.26. The highest BCUT2D eigenvalue weighted by atomic mass is 16.5. The molecule has 1 aliphatic heterocycles. The lowest BCUT2D eigenvalue weighted by molar-refractivity contribution is 0.450. The number of rotatable bonds is 3. The maximum atomic E-state index is 9.06. The summed E-state index contributed by atoms with van der Waals surface area (Å²) in [4.78, 5) is 2.32. The molecule has 0 unspecified atom stereocenters. The summed E-state index contributed by atoms with van der Waals surface area (Å²) in [6.45, 7) is 1.93. The zero-order valence-corrected chi connectivity index (χ0v) is 19.7. The lowest BCUT2D eigenvalue weighted by Gasteiger charge is -2.29. The predicted molar refractivity (Wildman–Crippen MR) is 144 cm³/mol. The van der Waals surface area contributed by atoms with E-state index < -0.39 is 0 Å². The van der Waals surface area contributed by atoms with E-state index in [9.17, 15) is 0 Å². The van der Waals surface area contributed by atoms with Crippen LogP contribution in [0.15, 0.2) is 109 Å². The number of hydrogen-bond donors (Lipinski definition) is 1. The molecule has 2 aliphatic rings. The summed E-state index contributed by atoms with van der Waals surface area (Å²) in [5.41, 5.74) is 7.02. The lowest BCUT2D eigenvalue weighted by atomic mass is 9.87. The van der Waals surface area contributed by atoms with Gasteiger partial charge in [-0.2, -0.15) is 0 Å². The van der Waals surface area contributed by atoms with Crippen LogP contribution in [-0.4, -0.2) is 5.71 Å². The van der Waals surface area contributed by atoms with Gasteiger partial charge >= 0.3 is 0 Å². The van der Waals surface area contributed by atoms with Crippen LogP contribution in [0.25, 0.3) is 11.6 Å². The summed E-state index contributed by atoms with van der Waals surface area (Å²) in [5, 5.41) is 11.4. The monoisotopic (exact) mass is 454 g/mol. The molecule has 0 saturated heterocycles. The van der Waals surface area contributed by atoms with Crippen LogP contribution in [0.3, 0.4) is 0 Å². The summed E-state index contributed by atoms with van der Waals surface area (Å²) in [6.07, 6.45) is 6.08. The summed E-state index contributed by atoms with van der Waals surface area (Å²) in [5.74, 6) is 1.40. The molecule has 0 spiro atoms. The van der Waals surface area contributed by atoms with Crippen molar-refractivity contribution in [1.29, 1.82) is 5.41 Å². The molecule has 0 radical (unpaired) electrons. The molecule has 1 aliphatic carbocycles. The molecule has 0 saturated carbocycles. The number of nitrogens with one attached hydrogen (secondary N) is 1. The Bertz CT molecular complexity index is 1540. The number of anilines is 3. The van der Waals surface area contributed by atoms with Crippen LogP contribution in [0.2, 0.25) is 0 Å². The maximum absolute atomic E-state index is 9.06. The van der Waals surface area contributed by atoms with Gasteiger partial charge in [-0.15, -0.1) is 0 Å². The van der Waals surface area contributed by atoms with Gasteiger partial charge in [-0.25, -0.2) is 0 Å². The van der Waals surface area contributed by atoms with Crippen molar-refractivity contribution < 1.29 is 4.74 Å². The Morgan fingerprint density at radius 1 is 0.771 bits per heavy atom. The van der Waals surface area contributed by atoms with E-state index in [4.69, 9.17) is 10.1 Å². The normalized spacial score (nSPS) is 15.3. The molecular formula is C32H26N2O. The van der Waals surface area contributed by atoms with E-state index in [-0.39, 0.29) is 0 Å².